The Bertz CT molecular complexity index is 655. The predicted molar refractivity (Wildman–Crippen MR) is 82.1 cm³/mol. The van der Waals surface area contributed by atoms with Crippen molar-refractivity contribution in [3.05, 3.63) is 35.0 Å². The molecule has 0 bridgehead atoms. The van der Waals surface area contributed by atoms with Crippen LogP contribution in [0.5, 0.6) is 0 Å². The zero-order valence-electron chi connectivity index (χ0n) is 11.6. The van der Waals surface area contributed by atoms with Gasteiger partial charge in [-0.1, -0.05) is 18.9 Å². The van der Waals surface area contributed by atoms with Crippen LogP contribution in [0.2, 0.25) is 0 Å². The fourth-order valence-corrected chi connectivity index (χ4v) is 3.96. The normalized spacial score (nSPS) is 22.4. The van der Waals surface area contributed by atoms with Crippen LogP contribution in [-0.2, 0) is 0 Å². The molecule has 0 radical (unpaired) electrons. The van der Waals surface area contributed by atoms with Gasteiger partial charge in [-0.15, -0.1) is 11.3 Å². The van der Waals surface area contributed by atoms with Gasteiger partial charge < -0.3 is 10.4 Å². The van der Waals surface area contributed by atoms with Gasteiger partial charge in [0.2, 0.25) is 0 Å². The number of benzene rings is 1. The van der Waals surface area contributed by atoms with E-state index >= 15 is 0 Å². The molecule has 2 aromatic rings. The molecule has 1 aromatic heterocycles. The molecule has 112 valence electrons. The Balaban J connectivity index is 1.77. The molecule has 5 heteroatoms. The van der Waals surface area contributed by atoms with Crippen molar-refractivity contribution in [2.45, 2.75) is 31.7 Å². The highest BCUT2D eigenvalue weighted by Crippen LogP contribution is 2.28. The van der Waals surface area contributed by atoms with Gasteiger partial charge in [-0.2, -0.15) is 0 Å². The van der Waals surface area contributed by atoms with E-state index in [0.717, 1.165) is 35.8 Å². The van der Waals surface area contributed by atoms with Crippen molar-refractivity contribution in [1.82, 2.24) is 5.32 Å². The minimum Gasteiger partial charge on any atom is -0.396 e. The standard InChI is InChI=1S/C16H18FNO2S/c17-12-6-5-10-7-15(21-14(10)8-12)16(20)18-13-4-2-1-3-11(13)9-19/h5-8,11,13,19H,1-4,9H2,(H,18,20). The van der Waals surface area contributed by atoms with Gasteiger partial charge in [-0.25, -0.2) is 4.39 Å². The van der Waals surface area contributed by atoms with Crippen LogP contribution in [0.1, 0.15) is 35.4 Å². The van der Waals surface area contributed by atoms with E-state index in [1.807, 2.05) is 0 Å². The second kappa shape index (κ2) is 6.12. The third-order valence-corrected chi connectivity index (χ3v) is 5.26. The van der Waals surface area contributed by atoms with Crippen molar-refractivity contribution in [3.8, 4) is 0 Å². The Morgan fingerprint density at radius 3 is 2.95 bits per heavy atom. The number of thiophene rings is 1. The van der Waals surface area contributed by atoms with Crippen molar-refractivity contribution >= 4 is 27.3 Å². The van der Waals surface area contributed by atoms with Gasteiger partial charge in [0.25, 0.3) is 5.91 Å². The summed E-state index contributed by atoms with van der Waals surface area (Å²) in [7, 11) is 0. The Morgan fingerprint density at radius 1 is 1.33 bits per heavy atom. The molecule has 2 atom stereocenters. The summed E-state index contributed by atoms with van der Waals surface area (Å²) in [5, 5.41) is 13.3. The maximum atomic E-state index is 13.2. The molecule has 0 aliphatic heterocycles. The molecule has 1 aromatic carbocycles. The van der Waals surface area contributed by atoms with Crippen LogP contribution >= 0.6 is 11.3 Å². The van der Waals surface area contributed by atoms with Crippen LogP contribution in [0.4, 0.5) is 4.39 Å². The average Bonchev–Trinajstić information content (AvgIpc) is 2.91. The molecule has 3 rings (SSSR count). The molecular formula is C16H18FNO2S. The van der Waals surface area contributed by atoms with Gasteiger partial charge >= 0.3 is 0 Å². The van der Waals surface area contributed by atoms with Crippen LogP contribution in [0.3, 0.4) is 0 Å². The first-order chi connectivity index (χ1) is 10.2. The van der Waals surface area contributed by atoms with Gasteiger partial charge in [-0.05, 0) is 36.4 Å². The number of hydrogen-bond donors (Lipinski definition) is 2. The van der Waals surface area contributed by atoms with E-state index in [1.54, 1.807) is 12.1 Å². The summed E-state index contributed by atoms with van der Waals surface area (Å²) in [5.74, 6) is -0.264. The van der Waals surface area contributed by atoms with Crippen LogP contribution < -0.4 is 5.32 Å². The molecule has 1 aliphatic rings. The smallest absolute Gasteiger partial charge is 0.261 e. The molecule has 1 fully saturated rings. The number of carbonyl (C=O) groups excluding carboxylic acids is 1. The lowest BCUT2D eigenvalue weighted by atomic mass is 9.85. The molecular weight excluding hydrogens is 289 g/mol. The first-order valence-electron chi connectivity index (χ1n) is 7.28. The van der Waals surface area contributed by atoms with Crippen molar-refractivity contribution in [3.63, 3.8) is 0 Å². The minimum atomic E-state index is -0.288. The zero-order valence-corrected chi connectivity index (χ0v) is 12.5. The van der Waals surface area contributed by atoms with Gasteiger partial charge in [0.15, 0.2) is 0 Å². The van der Waals surface area contributed by atoms with Crippen LogP contribution in [0.15, 0.2) is 24.3 Å². The van der Waals surface area contributed by atoms with Crippen LogP contribution in [0, 0.1) is 11.7 Å². The lowest BCUT2D eigenvalue weighted by molar-refractivity contribution is 0.0876. The summed E-state index contributed by atoms with van der Waals surface area (Å²) < 4.78 is 14.0. The number of nitrogens with one attached hydrogen (secondary N) is 1. The SMILES string of the molecule is O=C(NC1CCCCC1CO)c1cc2ccc(F)cc2s1. The van der Waals surface area contributed by atoms with Crippen molar-refractivity contribution in [2.24, 2.45) is 5.92 Å². The number of fused-ring (bicyclic) bond motifs is 1. The Labute approximate surface area is 126 Å². The maximum Gasteiger partial charge on any atom is 0.261 e. The monoisotopic (exact) mass is 307 g/mol. The van der Waals surface area contributed by atoms with E-state index in [4.69, 9.17) is 0 Å². The molecule has 2 unspecified atom stereocenters. The molecule has 1 heterocycles. The lowest BCUT2D eigenvalue weighted by Crippen LogP contribution is -2.43. The van der Waals surface area contributed by atoms with Crippen LogP contribution in [0.25, 0.3) is 10.1 Å². The minimum absolute atomic E-state index is 0.0400. The quantitative estimate of drug-likeness (QED) is 0.914. The molecule has 0 spiro atoms. The maximum absolute atomic E-state index is 13.2. The fourth-order valence-electron chi connectivity index (χ4n) is 2.97. The van der Waals surface area contributed by atoms with Gasteiger partial charge in [-0.3, -0.25) is 4.79 Å². The molecule has 1 aliphatic carbocycles. The van der Waals surface area contributed by atoms with Crippen molar-refractivity contribution in [2.75, 3.05) is 6.61 Å². The Hall–Kier alpha value is -1.46. The van der Waals surface area contributed by atoms with Crippen molar-refractivity contribution < 1.29 is 14.3 Å². The predicted octanol–water partition coefficient (Wildman–Crippen LogP) is 3.32. The average molecular weight is 307 g/mol. The summed E-state index contributed by atoms with van der Waals surface area (Å²) in [6.45, 7) is 0.114. The second-order valence-electron chi connectivity index (χ2n) is 5.60. The molecule has 21 heavy (non-hydrogen) atoms. The Kier molecular flexibility index (Phi) is 4.22. The summed E-state index contributed by atoms with van der Waals surface area (Å²) in [5.41, 5.74) is 0. The zero-order chi connectivity index (χ0) is 14.8. The van der Waals surface area contributed by atoms with Gasteiger partial charge in [0.1, 0.15) is 5.82 Å². The number of amides is 1. The molecule has 1 amide bonds. The summed E-state index contributed by atoms with van der Waals surface area (Å²) in [6, 6.07) is 6.38. The fraction of sp³-hybridized carbons (Fsp3) is 0.438. The molecule has 2 N–H and O–H groups in total. The number of aliphatic hydroxyl groups is 1. The largest absolute Gasteiger partial charge is 0.396 e. The van der Waals surface area contributed by atoms with Crippen LogP contribution in [-0.4, -0.2) is 23.7 Å². The summed E-state index contributed by atoms with van der Waals surface area (Å²) in [6.07, 6.45) is 4.06. The van der Waals surface area contributed by atoms with E-state index in [0.29, 0.717) is 4.88 Å². The van der Waals surface area contributed by atoms with E-state index < -0.39 is 0 Å². The first-order valence-corrected chi connectivity index (χ1v) is 8.10. The Morgan fingerprint density at radius 2 is 2.14 bits per heavy atom. The first kappa shape index (κ1) is 14.5. The summed E-state index contributed by atoms with van der Waals surface area (Å²) in [4.78, 5) is 12.9. The lowest BCUT2D eigenvalue weighted by Gasteiger charge is -2.30. The molecule has 3 nitrogen and oxygen atoms in total. The topological polar surface area (TPSA) is 49.3 Å². The third-order valence-electron chi connectivity index (χ3n) is 4.17. The van der Waals surface area contributed by atoms with Crippen molar-refractivity contribution in [1.29, 1.82) is 0 Å². The number of carbonyl (C=O) groups is 1. The van der Waals surface area contributed by atoms with E-state index in [1.165, 1.54) is 23.5 Å². The van der Waals surface area contributed by atoms with E-state index in [9.17, 15) is 14.3 Å². The number of halogens is 1. The third kappa shape index (κ3) is 3.09. The highest BCUT2D eigenvalue weighted by atomic mass is 32.1. The molecule has 1 saturated carbocycles. The second-order valence-corrected chi connectivity index (χ2v) is 6.68. The number of hydrogen-bond acceptors (Lipinski definition) is 3. The summed E-state index contributed by atoms with van der Waals surface area (Å²) >= 11 is 1.30. The van der Waals surface area contributed by atoms with E-state index in [-0.39, 0.29) is 30.3 Å². The van der Waals surface area contributed by atoms with Gasteiger partial charge in [0, 0.05) is 23.3 Å². The number of aliphatic hydroxyl groups excluding tert-OH is 1. The van der Waals surface area contributed by atoms with Gasteiger partial charge in [0.05, 0.1) is 4.88 Å². The molecule has 0 saturated heterocycles. The number of rotatable bonds is 3. The van der Waals surface area contributed by atoms with E-state index in [2.05, 4.69) is 5.32 Å². The highest BCUT2D eigenvalue weighted by molar-refractivity contribution is 7.20. The highest BCUT2D eigenvalue weighted by Gasteiger charge is 2.26.